The lowest BCUT2D eigenvalue weighted by atomic mass is 10.3. The number of hydrogen-bond donors (Lipinski definition) is 2. The molecule has 0 saturated carbocycles. The SMILES string of the molecule is CCCCN=C(NN)N1CCn2c(nnc2C(F)(F)F)C1. The molecular formula is C11H18F3N7. The highest BCUT2D eigenvalue weighted by Crippen LogP contribution is 2.29. The largest absolute Gasteiger partial charge is 0.451 e. The topological polar surface area (TPSA) is 84.4 Å². The maximum absolute atomic E-state index is 12.7. The molecule has 1 aliphatic heterocycles. The van der Waals surface area contributed by atoms with E-state index in [1.807, 2.05) is 6.92 Å². The van der Waals surface area contributed by atoms with Gasteiger partial charge in [0.15, 0.2) is 5.82 Å². The second-order valence-corrected chi connectivity index (χ2v) is 4.71. The molecule has 3 N–H and O–H groups in total. The summed E-state index contributed by atoms with van der Waals surface area (Å²) in [5, 5.41) is 6.85. The minimum atomic E-state index is -4.49. The van der Waals surface area contributed by atoms with Gasteiger partial charge in [-0.05, 0) is 6.42 Å². The minimum Gasteiger partial charge on any atom is -0.333 e. The van der Waals surface area contributed by atoms with Gasteiger partial charge in [-0.2, -0.15) is 13.2 Å². The molecule has 0 aliphatic carbocycles. The fourth-order valence-electron chi connectivity index (χ4n) is 2.13. The van der Waals surface area contributed by atoms with Crippen LogP contribution in [0.3, 0.4) is 0 Å². The quantitative estimate of drug-likeness (QED) is 0.283. The first kappa shape index (κ1) is 15.5. The summed E-state index contributed by atoms with van der Waals surface area (Å²) < 4.78 is 39.3. The summed E-state index contributed by atoms with van der Waals surface area (Å²) in [6, 6.07) is 0. The number of halogens is 3. The number of aliphatic imine (C=N–C) groups is 1. The van der Waals surface area contributed by atoms with E-state index in [1.54, 1.807) is 4.90 Å². The van der Waals surface area contributed by atoms with Gasteiger partial charge in [-0.3, -0.25) is 10.4 Å². The molecule has 0 aromatic carbocycles. The van der Waals surface area contributed by atoms with Crippen LogP contribution < -0.4 is 11.3 Å². The monoisotopic (exact) mass is 305 g/mol. The van der Waals surface area contributed by atoms with E-state index < -0.39 is 12.0 Å². The van der Waals surface area contributed by atoms with Crippen LogP contribution in [0.2, 0.25) is 0 Å². The van der Waals surface area contributed by atoms with Crippen molar-refractivity contribution in [3.05, 3.63) is 11.6 Å². The molecule has 2 rings (SSSR count). The molecule has 1 aliphatic rings. The third-order valence-corrected chi connectivity index (χ3v) is 3.21. The maximum Gasteiger partial charge on any atom is 0.451 e. The average molecular weight is 305 g/mol. The van der Waals surface area contributed by atoms with E-state index in [0.717, 1.165) is 17.4 Å². The van der Waals surface area contributed by atoms with Gasteiger partial charge >= 0.3 is 6.18 Å². The van der Waals surface area contributed by atoms with Gasteiger partial charge < -0.3 is 9.47 Å². The Morgan fingerprint density at radius 3 is 2.76 bits per heavy atom. The third kappa shape index (κ3) is 3.43. The highest BCUT2D eigenvalue weighted by atomic mass is 19.4. The first-order chi connectivity index (χ1) is 9.97. The lowest BCUT2D eigenvalue weighted by molar-refractivity contribution is -0.147. The van der Waals surface area contributed by atoms with Gasteiger partial charge in [0.2, 0.25) is 11.8 Å². The van der Waals surface area contributed by atoms with E-state index in [9.17, 15) is 13.2 Å². The summed E-state index contributed by atoms with van der Waals surface area (Å²) in [4.78, 5) is 6.07. The second-order valence-electron chi connectivity index (χ2n) is 4.71. The number of nitrogens with zero attached hydrogens (tertiary/aromatic N) is 5. The van der Waals surface area contributed by atoms with E-state index >= 15 is 0 Å². The Balaban J connectivity index is 2.12. The summed E-state index contributed by atoms with van der Waals surface area (Å²) >= 11 is 0. The van der Waals surface area contributed by atoms with Crippen molar-refractivity contribution in [1.82, 2.24) is 25.1 Å². The van der Waals surface area contributed by atoms with Crippen LogP contribution in [-0.2, 0) is 19.3 Å². The van der Waals surface area contributed by atoms with Crippen LogP contribution in [0.1, 0.15) is 31.4 Å². The smallest absolute Gasteiger partial charge is 0.333 e. The molecule has 10 heteroatoms. The zero-order valence-corrected chi connectivity index (χ0v) is 11.7. The predicted octanol–water partition coefficient (Wildman–Crippen LogP) is 0.732. The first-order valence-electron chi connectivity index (χ1n) is 6.72. The maximum atomic E-state index is 12.7. The molecule has 0 amide bonds. The van der Waals surface area contributed by atoms with Crippen molar-refractivity contribution in [3.63, 3.8) is 0 Å². The zero-order valence-electron chi connectivity index (χ0n) is 11.7. The van der Waals surface area contributed by atoms with Crippen molar-refractivity contribution >= 4 is 5.96 Å². The number of nitrogens with two attached hydrogens (primary N) is 1. The molecule has 0 unspecified atom stereocenters. The lowest BCUT2D eigenvalue weighted by Crippen LogP contribution is -2.48. The number of nitrogens with one attached hydrogen (secondary N) is 1. The number of hydrogen-bond acceptors (Lipinski definition) is 4. The molecule has 0 spiro atoms. The molecule has 0 radical (unpaired) electrons. The number of fused-ring (bicyclic) bond motifs is 1. The Morgan fingerprint density at radius 1 is 1.38 bits per heavy atom. The number of unbranched alkanes of at least 4 members (excludes halogenated alkanes) is 1. The summed E-state index contributed by atoms with van der Waals surface area (Å²) in [5.41, 5.74) is 2.49. The Bertz CT molecular complexity index is 508. The molecule has 118 valence electrons. The number of hydrazine groups is 1. The molecule has 2 heterocycles. The van der Waals surface area contributed by atoms with Crippen molar-refractivity contribution in [2.75, 3.05) is 13.1 Å². The number of alkyl halides is 3. The first-order valence-corrected chi connectivity index (χ1v) is 6.72. The van der Waals surface area contributed by atoms with Crippen LogP contribution in [0.5, 0.6) is 0 Å². The van der Waals surface area contributed by atoms with Crippen molar-refractivity contribution < 1.29 is 13.2 Å². The Hall–Kier alpha value is -1.84. The molecule has 0 fully saturated rings. The molecule has 1 aromatic heterocycles. The fourth-order valence-corrected chi connectivity index (χ4v) is 2.13. The van der Waals surface area contributed by atoms with Crippen LogP contribution in [0.15, 0.2) is 4.99 Å². The summed E-state index contributed by atoms with van der Waals surface area (Å²) in [6.45, 7) is 3.37. The molecule has 7 nitrogen and oxygen atoms in total. The van der Waals surface area contributed by atoms with E-state index in [2.05, 4.69) is 20.6 Å². The fraction of sp³-hybridized carbons (Fsp3) is 0.727. The minimum absolute atomic E-state index is 0.144. The van der Waals surface area contributed by atoms with Crippen LogP contribution in [-0.4, -0.2) is 38.7 Å². The Kier molecular flexibility index (Phi) is 4.66. The van der Waals surface area contributed by atoms with Crippen molar-refractivity contribution in [1.29, 1.82) is 0 Å². The molecule has 0 bridgehead atoms. The van der Waals surface area contributed by atoms with Gasteiger partial charge in [-0.15, -0.1) is 10.2 Å². The summed E-state index contributed by atoms with van der Waals surface area (Å²) in [5.74, 6) is 5.20. The van der Waals surface area contributed by atoms with Crippen LogP contribution in [0.25, 0.3) is 0 Å². The molecule has 0 saturated heterocycles. The average Bonchev–Trinajstić information content (AvgIpc) is 2.86. The van der Waals surface area contributed by atoms with Gasteiger partial charge in [-0.1, -0.05) is 13.3 Å². The van der Waals surface area contributed by atoms with Gasteiger partial charge in [0.05, 0.1) is 6.54 Å². The van der Waals surface area contributed by atoms with Crippen LogP contribution in [0.4, 0.5) is 13.2 Å². The van der Waals surface area contributed by atoms with E-state index in [0.29, 0.717) is 19.0 Å². The summed E-state index contributed by atoms with van der Waals surface area (Å²) in [7, 11) is 0. The summed E-state index contributed by atoms with van der Waals surface area (Å²) in [6.07, 6.45) is -2.56. The van der Waals surface area contributed by atoms with Crippen molar-refractivity contribution in [2.45, 2.75) is 39.0 Å². The van der Waals surface area contributed by atoms with E-state index in [1.165, 1.54) is 0 Å². The van der Waals surface area contributed by atoms with Gasteiger partial charge in [0.1, 0.15) is 0 Å². The Labute approximate surface area is 120 Å². The predicted molar refractivity (Wildman–Crippen MR) is 70.0 cm³/mol. The standard InChI is InChI=1S/C11H18F3N7/c1-2-3-4-16-10(17-15)20-5-6-21-8(7-20)18-19-9(21)11(12,13)14/h2-7,15H2,1H3,(H,16,17). The van der Waals surface area contributed by atoms with Crippen LogP contribution >= 0.6 is 0 Å². The number of aromatic nitrogens is 3. The van der Waals surface area contributed by atoms with Crippen LogP contribution in [0, 0.1) is 0 Å². The van der Waals surface area contributed by atoms with Crippen molar-refractivity contribution in [3.8, 4) is 0 Å². The highest BCUT2D eigenvalue weighted by Gasteiger charge is 2.39. The zero-order chi connectivity index (χ0) is 15.5. The highest BCUT2D eigenvalue weighted by molar-refractivity contribution is 5.79. The van der Waals surface area contributed by atoms with Gasteiger partial charge in [0, 0.05) is 19.6 Å². The molecule has 21 heavy (non-hydrogen) atoms. The molecular weight excluding hydrogens is 287 g/mol. The normalized spacial score (nSPS) is 16.0. The van der Waals surface area contributed by atoms with Crippen molar-refractivity contribution in [2.24, 2.45) is 10.8 Å². The van der Waals surface area contributed by atoms with E-state index in [4.69, 9.17) is 5.84 Å². The van der Waals surface area contributed by atoms with E-state index in [-0.39, 0.29) is 18.9 Å². The second kappa shape index (κ2) is 6.29. The van der Waals surface area contributed by atoms with Gasteiger partial charge in [-0.25, -0.2) is 5.84 Å². The number of rotatable bonds is 3. The van der Waals surface area contributed by atoms with Gasteiger partial charge in [0.25, 0.3) is 0 Å². The lowest BCUT2D eigenvalue weighted by Gasteiger charge is -2.30. The molecule has 1 aromatic rings. The Morgan fingerprint density at radius 2 is 2.14 bits per heavy atom. The molecule has 0 atom stereocenters. The third-order valence-electron chi connectivity index (χ3n) is 3.21. The number of guanidine groups is 1.